The van der Waals surface area contributed by atoms with Crippen LogP contribution in [0.4, 0.5) is 8.78 Å². The summed E-state index contributed by atoms with van der Waals surface area (Å²) in [5.74, 6) is -1.07. The van der Waals surface area contributed by atoms with E-state index in [0.717, 1.165) is 0 Å². The second kappa shape index (κ2) is 6.17. The molecule has 1 saturated heterocycles. The topological polar surface area (TPSA) is 49.8 Å². The van der Waals surface area contributed by atoms with Crippen LogP contribution in [0.5, 0.6) is 5.75 Å². The molecular weight excluding hydrogens is 268 g/mol. The van der Waals surface area contributed by atoms with Crippen molar-refractivity contribution in [2.75, 3.05) is 6.54 Å². The van der Waals surface area contributed by atoms with Gasteiger partial charge in [-0.15, -0.1) is 0 Å². The van der Waals surface area contributed by atoms with Gasteiger partial charge in [0.15, 0.2) is 0 Å². The Bertz CT molecular complexity index is 481. The van der Waals surface area contributed by atoms with Gasteiger partial charge in [0.1, 0.15) is 5.75 Å². The molecule has 1 aromatic carbocycles. The molecule has 2 unspecified atom stereocenters. The molecule has 1 heterocycles. The van der Waals surface area contributed by atoms with Crippen LogP contribution in [0.2, 0.25) is 0 Å². The molecule has 6 heteroatoms. The fourth-order valence-corrected chi connectivity index (χ4v) is 2.62. The zero-order valence-electron chi connectivity index (χ0n) is 11.1. The summed E-state index contributed by atoms with van der Waals surface area (Å²) in [6.07, 6.45) is 0.578. The highest BCUT2D eigenvalue weighted by Gasteiger charge is 2.35. The average Bonchev–Trinajstić information content (AvgIpc) is 2.73. The number of halogens is 2. The van der Waals surface area contributed by atoms with Gasteiger partial charge in [0.2, 0.25) is 0 Å². The SMILES string of the molecule is CC1C(C(=O)O)CCN1Cc1ccccc1OC(F)F. The third kappa shape index (κ3) is 3.25. The summed E-state index contributed by atoms with van der Waals surface area (Å²) in [5, 5.41) is 9.09. The van der Waals surface area contributed by atoms with Gasteiger partial charge >= 0.3 is 12.6 Å². The van der Waals surface area contributed by atoms with Crippen molar-refractivity contribution in [3.8, 4) is 5.75 Å². The zero-order valence-corrected chi connectivity index (χ0v) is 11.1. The van der Waals surface area contributed by atoms with Crippen LogP contribution in [-0.4, -0.2) is 35.2 Å². The Balaban J connectivity index is 2.09. The number of rotatable bonds is 5. The van der Waals surface area contributed by atoms with Crippen LogP contribution in [0, 0.1) is 5.92 Å². The Hall–Kier alpha value is -1.69. The van der Waals surface area contributed by atoms with Crippen molar-refractivity contribution in [3.05, 3.63) is 29.8 Å². The van der Waals surface area contributed by atoms with Gasteiger partial charge < -0.3 is 9.84 Å². The maximum absolute atomic E-state index is 12.3. The summed E-state index contributed by atoms with van der Waals surface area (Å²) < 4.78 is 29.2. The summed E-state index contributed by atoms with van der Waals surface area (Å²) in [7, 11) is 0. The molecule has 1 aliphatic heterocycles. The van der Waals surface area contributed by atoms with Crippen molar-refractivity contribution in [1.29, 1.82) is 0 Å². The summed E-state index contributed by atoms with van der Waals surface area (Å²) >= 11 is 0. The molecule has 2 atom stereocenters. The molecular formula is C14H17F2NO3. The predicted octanol–water partition coefficient (Wildman–Crippen LogP) is 2.58. The van der Waals surface area contributed by atoms with E-state index in [9.17, 15) is 13.6 Å². The quantitative estimate of drug-likeness (QED) is 0.903. The molecule has 0 aliphatic carbocycles. The Morgan fingerprint density at radius 2 is 2.20 bits per heavy atom. The number of benzene rings is 1. The molecule has 0 bridgehead atoms. The summed E-state index contributed by atoms with van der Waals surface area (Å²) in [4.78, 5) is 13.1. The lowest BCUT2D eigenvalue weighted by Gasteiger charge is -2.24. The van der Waals surface area contributed by atoms with Gasteiger partial charge in [-0.2, -0.15) is 8.78 Å². The van der Waals surface area contributed by atoms with E-state index in [-0.39, 0.29) is 11.8 Å². The molecule has 0 radical (unpaired) electrons. The van der Waals surface area contributed by atoms with Crippen LogP contribution in [0.25, 0.3) is 0 Å². The largest absolute Gasteiger partial charge is 0.481 e. The van der Waals surface area contributed by atoms with Crippen LogP contribution >= 0.6 is 0 Å². The van der Waals surface area contributed by atoms with Crippen LogP contribution in [0.1, 0.15) is 18.9 Å². The molecule has 0 saturated carbocycles. The summed E-state index contributed by atoms with van der Waals surface area (Å²) in [6, 6.07) is 6.49. The fraction of sp³-hybridized carbons (Fsp3) is 0.500. The number of para-hydroxylation sites is 1. The van der Waals surface area contributed by atoms with Gasteiger partial charge in [0, 0.05) is 18.2 Å². The first-order chi connectivity index (χ1) is 9.49. The van der Waals surface area contributed by atoms with Crippen molar-refractivity contribution >= 4 is 5.97 Å². The molecule has 1 aromatic rings. The molecule has 1 fully saturated rings. The Morgan fingerprint density at radius 1 is 1.50 bits per heavy atom. The van der Waals surface area contributed by atoms with E-state index in [2.05, 4.69) is 4.74 Å². The number of hydrogen-bond donors (Lipinski definition) is 1. The number of carboxylic acid groups (broad SMARTS) is 1. The minimum absolute atomic E-state index is 0.118. The summed E-state index contributed by atoms with van der Waals surface area (Å²) in [5.41, 5.74) is 0.644. The van der Waals surface area contributed by atoms with Crippen LogP contribution < -0.4 is 4.74 Å². The maximum atomic E-state index is 12.3. The van der Waals surface area contributed by atoms with Gasteiger partial charge in [0.25, 0.3) is 0 Å². The third-order valence-electron chi connectivity index (χ3n) is 3.76. The first-order valence-corrected chi connectivity index (χ1v) is 6.48. The van der Waals surface area contributed by atoms with E-state index in [1.807, 2.05) is 11.8 Å². The third-order valence-corrected chi connectivity index (χ3v) is 3.76. The van der Waals surface area contributed by atoms with Crippen LogP contribution in [0.15, 0.2) is 24.3 Å². The lowest BCUT2D eigenvalue weighted by atomic mass is 10.0. The second-order valence-corrected chi connectivity index (χ2v) is 4.93. The smallest absolute Gasteiger partial charge is 0.387 e. The number of likely N-dealkylation sites (tertiary alicyclic amines) is 1. The number of carbonyl (C=O) groups is 1. The minimum atomic E-state index is -2.86. The molecule has 4 nitrogen and oxygen atoms in total. The number of ether oxygens (including phenoxy) is 1. The number of alkyl halides is 2. The number of aliphatic carboxylic acids is 1. The Morgan fingerprint density at radius 3 is 2.80 bits per heavy atom. The lowest BCUT2D eigenvalue weighted by molar-refractivity contribution is -0.142. The molecule has 2 rings (SSSR count). The van der Waals surface area contributed by atoms with Crippen LogP contribution in [0.3, 0.4) is 0 Å². The molecule has 0 amide bonds. The molecule has 110 valence electrons. The van der Waals surface area contributed by atoms with Gasteiger partial charge in [-0.3, -0.25) is 9.69 Å². The lowest BCUT2D eigenvalue weighted by Crippen LogP contribution is -2.32. The Labute approximate surface area is 116 Å². The van der Waals surface area contributed by atoms with Gasteiger partial charge in [0.05, 0.1) is 5.92 Å². The van der Waals surface area contributed by atoms with Crippen molar-refractivity contribution < 1.29 is 23.4 Å². The highest BCUT2D eigenvalue weighted by Crippen LogP contribution is 2.29. The highest BCUT2D eigenvalue weighted by atomic mass is 19.3. The van der Waals surface area contributed by atoms with E-state index in [1.54, 1.807) is 18.2 Å². The number of nitrogens with zero attached hydrogens (tertiary/aromatic N) is 1. The average molecular weight is 285 g/mol. The first-order valence-electron chi connectivity index (χ1n) is 6.48. The molecule has 1 aliphatic rings. The number of hydrogen-bond acceptors (Lipinski definition) is 3. The van der Waals surface area contributed by atoms with Crippen molar-refractivity contribution in [1.82, 2.24) is 4.90 Å². The normalized spacial score (nSPS) is 23.2. The van der Waals surface area contributed by atoms with Gasteiger partial charge in [-0.1, -0.05) is 18.2 Å². The first kappa shape index (κ1) is 14.7. The van der Waals surface area contributed by atoms with Crippen molar-refractivity contribution in [2.24, 2.45) is 5.92 Å². The number of carboxylic acids is 1. The van der Waals surface area contributed by atoms with Gasteiger partial charge in [-0.25, -0.2) is 0 Å². The van der Waals surface area contributed by atoms with Crippen molar-refractivity contribution in [3.63, 3.8) is 0 Å². The van der Waals surface area contributed by atoms with E-state index >= 15 is 0 Å². The van der Waals surface area contributed by atoms with E-state index in [4.69, 9.17) is 5.11 Å². The van der Waals surface area contributed by atoms with E-state index < -0.39 is 18.5 Å². The predicted molar refractivity (Wildman–Crippen MR) is 68.7 cm³/mol. The molecule has 0 aromatic heterocycles. The zero-order chi connectivity index (χ0) is 14.7. The maximum Gasteiger partial charge on any atom is 0.387 e. The standard InChI is InChI=1S/C14H17F2NO3/c1-9-11(13(18)19)6-7-17(9)8-10-4-2-3-5-12(10)20-14(15)16/h2-5,9,11,14H,6-8H2,1H3,(H,18,19). The van der Waals surface area contributed by atoms with Gasteiger partial charge in [-0.05, 0) is 26.0 Å². The molecule has 1 N–H and O–H groups in total. The minimum Gasteiger partial charge on any atom is -0.481 e. The van der Waals surface area contributed by atoms with Crippen molar-refractivity contribution in [2.45, 2.75) is 32.5 Å². The summed E-state index contributed by atoms with van der Waals surface area (Å²) in [6.45, 7) is 0.0380. The van der Waals surface area contributed by atoms with E-state index in [0.29, 0.717) is 25.1 Å². The molecule has 0 spiro atoms. The fourth-order valence-electron chi connectivity index (χ4n) is 2.62. The highest BCUT2D eigenvalue weighted by molar-refractivity contribution is 5.71. The Kier molecular flexibility index (Phi) is 4.54. The molecule has 20 heavy (non-hydrogen) atoms. The van der Waals surface area contributed by atoms with Crippen LogP contribution in [-0.2, 0) is 11.3 Å². The monoisotopic (exact) mass is 285 g/mol. The second-order valence-electron chi connectivity index (χ2n) is 4.93. The van der Waals surface area contributed by atoms with E-state index in [1.165, 1.54) is 6.07 Å².